The molecule has 154 valence electrons. The lowest BCUT2D eigenvalue weighted by Gasteiger charge is -2.31. The van der Waals surface area contributed by atoms with E-state index in [1.807, 2.05) is 0 Å². The molecule has 29 heavy (non-hydrogen) atoms. The van der Waals surface area contributed by atoms with Crippen molar-refractivity contribution < 1.29 is 26.4 Å². The van der Waals surface area contributed by atoms with Crippen LogP contribution in [0.15, 0.2) is 35.4 Å². The molecule has 0 atom stereocenters. The number of rotatable bonds is 3. The van der Waals surface area contributed by atoms with E-state index in [-0.39, 0.29) is 37.3 Å². The third-order valence-corrected chi connectivity index (χ3v) is 6.71. The predicted molar refractivity (Wildman–Crippen MR) is 94.9 cm³/mol. The number of carbonyl (C=O) groups excluding carboxylic acids is 1. The van der Waals surface area contributed by atoms with E-state index in [2.05, 4.69) is 5.10 Å². The molecular weight excluding hydrogens is 411 g/mol. The maximum atomic E-state index is 13.2. The zero-order chi connectivity index (χ0) is 21.4. The Kier molecular flexibility index (Phi) is 5.38. The highest BCUT2D eigenvalue weighted by molar-refractivity contribution is 7.89. The zero-order valence-electron chi connectivity index (χ0n) is 14.9. The molecule has 1 fully saturated rings. The maximum absolute atomic E-state index is 13.2. The van der Waals surface area contributed by atoms with Crippen LogP contribution in [0.3, 0.4) is 0 Å². The van der Waals surface area contributed by atoms with Crippen LogP contribution in [0.25, 0.3) is 0 Å². The first-order valence-electron chi connectivity index (χ1n) is 8.51. The summed E-state index contributed by atoms with van der Waals surface area (Å²) in [5.41, 5.74) is 4.51. The van der Waals surface area contributed by atoms with E-state index in [0.717, 1.165) is 33.4 Å². The summed E-state index contributed by atoms with van der Waals surface area (Å²) >= 11 is 0. The minimum Gasteiger partial charge on any atom is -0.382 e. The summed E-state index contributed by atoms with van der Waals surface area (Å²) in [5, 5.41) is 12.7. The Balaban J connectivity index is 1.78. The van der Waals surface area contributed by atoms with Crippen LogP contribution in [0.5, 0.6) is 0 Å². The normalized spacial score (nSPS) is 16.5. The van der Waals surface area contributed by atoms with Crippen LogP contribution in [-0.2, 0) is 16.2 Å². The average molecular weight is 427 g/mol. The monoisotopic (exact) mass is 427 g/mol. The summed E-state index contributed by atoms with van der Waals surface area (Å²) in [6.45, 7) is -0.256. The van der Waals surface area contributed by atoms with E-state index in [4.69, 9.17) is 11.0 Å². The van der Waals surface area contributed by atoms with E-state index < -0.39 is 38.5 Å². The average Bonchev–Trinajstić information content (AvgIpc) is 3.07. The fourth-order valence-corrected chi connectivity index (χ4v) is 4.88. The number of sulfonamides is 1. The standard InChI is InChI=1S/C17H16F3N5O3S/c18-17(19,20)13-3-1-2-4-14(13)29(27,28)24-7-5-11(6-8-24)16(26)25-15(22)12(9-21)10-23-25/h1-4,10-11H,5-8,22H2. The molecule has 8 nitrogen and oxygen atoms in total. The molecule has 0 aliphatic carbocycles. The Bertz CT molecular complexity index is 1080. The van der Waals surface area contributed by atoms with Gasteiger partial charge in [-0.05, 0) is 25.0 Å². The third-order valence-electron chi connectivity index (χ3n) is 4.75. The number of hydrogen-bond donors (Lipinski definition) is 1. The molecular formula is C17H16F3N5O3S. The summed E-state index contributed by atoms with van der Waals surface area (Å²) in [4.78, 5) is 11.7. The van der Waals surface area contributed by atoms with Crippen molar-refractivity contribution in [3.05, 3.63) is 41.6 Å². The lowest BCUT2D eigenvalue weighted by atomic mass is 9.97. The van der Waals surface area contributed by atoms with Gasteiger partial charge in [0, 0.05) is 19.0 Å². The van der Waals surface area contributed by atoms with Gasteiger partial charge in [0.05, 0.1) is 16.7 Å². The molecule has 0 unspecified atom stereocenters. The molecule has 1 aromatic heterocycles. The van der Waals surface area contributed by atoms with Crippen molar-refractivity contribution in [3.63, 3.8) is 0 Å². The van der Waals surface area contributed by atoms with Gasteiger partial charge < -0.3 is 5.73 Å². The summed E-state index contributed by atoms with van der Waals surface area (Å²) < 4.78 is 67.0. The molecule has 0 spiro atoms. The van der Waals surface area contributed by atoms with Gasteiger partial charge in [-0.25, -0.2) is 8.42 Å². The molecule has 2 N–H and O–H groups in total. The van der Waals surface area contributed by atoms with Gasteiger partial charge in [-0.2, -0.15) is 32.5 Å². The van der Waals surface area contributed by atoms with E-state index >= 15 is 0 Å². The number of hydrogen-bond acceptors (Lipinski definition) is 6. The van der Waals surface area contributed by atoms with Gasteiger partial charge in [0.15, 0.2) is 0 Å². The summed E-state index contributed by atoms with van der Waals surface area (Å²) in [7, 11) is -4.39. The van der Waals surface area contributed by atoms with Crippen LogP contribution < -0.4 is 5.73 Å². The number of nitrogens with two attached hydrogens (primary N) is 1. The lowest BCUT2D eigenvalue weighted by Crippen LogP contribution is -2.42. The van der Waals surface area contributed by atoms with Crippen molar-refractivity contribution in [2.45, 2.75) is 23.9 Å². The quantitative estimate of drug-likeness (QED) is 0.800. The van der Waals surface area contributed by atoms with Crippen LogP contribution in [0.2, 0.25) is 0 Å². The number of aromatic nitrogens is 2. The minimum absolute atomic E-state index is 0.0436. The smallest absolute Gasteiger partial charge is 0.382 e. The molecule has 1 aromatic carbocycles. The van der Waals surface area contributed by atoms with E-state index in [1.54, 1.807) is 6.07 Å². The molecule has 0 amide bonds. The van der Waals surface area contributed by atoms with Crippen LogP contribution in [-0.4, -0.2) is 41.5 Å². The number of alkyl halides is 3. The van der Waals surface area contributed by atoms with Gasteiger partial charge in [-0.15, -0.1) is 0 Å². The minimum atomic E-state index is -4.81. The molecule has 2 heterocycles. The van der Waals surface area contributed by atoms with Crippen LogP contribution in [0, 0.1) is 17.2 Å². The third kappa shape index (κ3) is 3.83. The molecule has 2 aromatic rings. The van der Waals surface area contributed by atoms with Gasteiger partial charge in [0.1, 0.15) is 17.5 Å². The van der Waals surface area contributed by atoms with E-state index in [1.165, 1.54) is 6.07 Å². The number of anilines is 1. The highest BCUT2D eigenvalue weighted by Gasteiger charge is 2.40. The highest BCUT2D eigenvalue weighted by atomic mass is 32.2. The van der Waals surface area contributed by atoms with Gasteiger partial charge >= 0.3 is 6.18 Å². The number of piperidine rings is 1. The number of nitriles is 1. The molecule has 1 saturated heterocycles. The highest BCUT2D eigenvalue weighted by Crippen LogP contribution is 2.36. The molecule has 3 rings (SSSR count). The zero-order valence-corrected chi connectivity index (χ0v) is 15.7. The Hall–Kier alpha value is -2.91. The molecule has 0 bridgehead atoms. The Morgan fingerprint density at radius 2 is 1.86 bits per heavy atom. The van der Waals surface area contributed by atoms with Crippen LogP contribution in [0.4, 0.5) is 19.0 Å². The molecule has 1 aliphatic heterocycles. The van der Waals surface area contributed by atoms with Crippen molar-refractivity contribution in [3.8, 4) is 6.07 Å². The van der Waals surface area contributed by atoms with Crippen molar-refractivity contribution in [1.82, 2.24) is 14.1 Å². The summed E-state index contributed by atoms with van der Waals surface area (Å²) in [6.07, 6.45) is -3.48. The van der Waals surface area contributed by atoms with Gasteiger partial charge in [-0.1, -0.05) is 12.1 Å². The Morgan fingerprint density at radius 1 is 1.24 bits per heavy atom. The maximum Gasteiger partial charge on any atom is 0.417 e. The first kappa shape index (κ1) is 20.8. The first-order valence-corrected chi connectivity index (χ1v) is 9.95. The van der Waals surface area contributed by atoms with Crippen LogP contribution in [0.1, 0.15) is 28.8 Å². The topological polar surface area (TPSA) is 122 Å². The van der Waals surface area contributed by atoms with Crippen molar-refractivity contribution in [1.29, 1.82) is 5.26 Å². The largest absolute Gasteiger partial charge is 0.417 e. The molecule has 0 saturated carbocycles. The Morgan fingerprint density at radius 3 is 2.41 bits per heavy atom. The summed E-state index contributed by atoms with van der Waals surface area (Å²) in [5.74, 6) is -1.21. The second kappa shape index (κ2) is 7.49. The fourth-order valence-electron chi connectivity index (χ4n) is 3.20. The molecule has 0 radical (unpaired) electrons. The van der Waals surface area contributed by atoms with Gasteiger partial charge in [0.2, 0.25) is 10.0 Å². The Labute approximate surface area is 164 Å². The van der Waals surface area contributed by atoms with Gasteiger partial charge in [0.25, 0.3) is 5.91 Å². The molecule has 1 aliphatic rings. The van der Waals surface area contributed by atoms with Crippen molar-refractivity contribution in [2.75, 3.05) is 18.8 Å². The first-order chi connectivity index (χ1) is 13.6. The van der Waals surface area contributed by atoms with Gasteiger partial charge in [-0.3, -0.25) is 4.79 Å². The fraction of sp³-hybridized carbons (Fsp3) is 0.353. The molecule has 12 heteroatoms. The number of halogens is 3. The SMILES string of the molecule is N#Cc1cnn(C(=O)C2CCN(S(=O)(=O)c3ccccc3C(F)(F)F)CC2)c1N. The lowest BCUT2D eigenvalue weighted by molar-refractivity contribution is -0.139. The van der Waals surface area contributed by atoms with Crippen molar-refractivity contribution in [2.24, 2.45) is 5.92 Å². The van der Waals surface area contributed by atoms with E-state index in [0.29, 0.717) is 0 Å². The second-order valence-corrected chi connectivity index (χ2v) is 8.38. The number of nitrogens with zero attached hydrogens (tertiary/aromatic N) is 4. The van der Waals surface area contributed by atoms with E-state index in [9.17, 15) is 26.4 Å². The second-order valence-electron chi connectivity index (χ2n) is 6.48. The number of benzene rings is 1. The number of carbonyl (C=O) groups is 1. The summed E-state index contributed by atoms with van der Waals surface area (Å²) in [6, 6.07) is 5.78. The number of nitrogen functional groups attached to an aromatic ring is 1. The predicted octanol–water partition coefficient (Wildman–Crippen LogP) is 2.10. The van der Waals surface area contributed by atoms with Crippen molar-refractivity contribution >= 4 is 21.7 Å². The van der Waals surface area contributed by atoms with Crippen LogP contribution >= 0.6 is 0 Å².